The number of aromatic nitrogens is 3. The van der Waals surface area contributed by atoms with E-state index in [1.165, 1.54) is 12.8 Å². The second-order valence-corrected chi connectivity index (χ2v) is 8.23. The first-order chi connectivity index (χ1) is 16.0. The first kappa shape index (κ1) is 22.6. The monoisotopic (exact) mass is 448 g/mol. The van der Waals surface area contributed by atoms with Crippen LogP contribution in [0.3, 0.4) is 0 Å². The van der Waals surface area contributed by atoms with Crippen molar-refractivity contribution in [1.29, 1.82) is 0 Å². The third-order valence-corrected chi connectivity index (χ3v) is 5.76. The first-order valence-electron chi connectivity index (χ1n) is 11.1. The minimum atomic E-state index is -1.54. The smallest absolute Gasteiger partial charge is 0.255 e. The van der Waals surface area contributed by atoms with Gasteiger partial charge < -0.3 is 16.2 Å². The van der Waals surface area contributed by atoms with E-state index in [-0.39, 0.29) is 12.0 Å². The zero-order chi connectivity index (χ0) is 23.2. The molecule has 1 aliphatic heterocycles. The maximum Gasteiger partial charge on any atom is 0.255 e. The molecule has 0 radical (unpaired) electrons. The summed E-state index contributed by atoms with van der Waals surface area (Å²) >= 11 is 0. The number of carbonyl (C=O) groups excluding carboxylic acids is 2. The van der Waals surface area contributed by atoms with Gasteiger partial charge in [0.15, 0.2) is 11.9 Å². The molecule has 0 spiro atoms. The number of carbonyl (C=O) groups is 2. The van der Waals surface area contributed by atoms with E-state index < -0.39 is 24.0 Å². The summed E-state index contributed by atoms with van der Waals surface area (Å²) in [6.07, 6.45) is 4.48. The van der Waals surface area contributed by atoms with E-state index >= 15 is 0 Å². The zero-order valence-corrected chi connectivity index (χ0v) is 18.3. The Morgan fingerprint density at radius 3 is 2.58 bits per heavy atom. The predicted molar refractivity (Wildman–Crippen MR) is 122 cm³/mol. The van der Waals surface area contributed by atoms with E-state index in [4.69, 9.17) is 5.73 Å². The number of amides is 2. The van der Waals surface area contributed by atoms with Gasteiger partial charge in [-0.15, -0.1) is 0 Å². The van der Waals surface area contributed by atoms with Gasteiger partial charge in [-0.3, -0.25) is 14.5 Å². The molecule has 4 rings (SSSR count). The van der Waals surface area contributed by atoms with Gasteiger partial charge >= 0.3 is 0 Å². The van der Waals surface area contributed by atoms with Crippen molar-refractivity contribution >= 4 is 11.8 Å². The zero-order valence-electron chi connectivity index (χ0n) is 18.3. The van der Waals surface area contributed by atoms with Crippen molar-refractivity contribution in [3.05, 3.63) is 77.7 Å². The highest BCUT2D eigenvalue weighted by atomic mass is 16.3. The van der Waals surface area contributed by atoms with Crippen LogP contribution >= 0.6 is 0 Å². The quantitative estimate of drug-likeness (QED) is 0.449. The molecule has 1 fully saturated rings. The minimum Gasteiger partial charge on any atom is -0.381 e. The molecule has 9 nitrogen and oxygen atoms in total. The van der Waals surface area contributed by atoms with Gasteiger partial charge in [0.05, 0.1) is 17.3 Å². The SMILES string of the molecule is NC(=O)[C@H](O)[C@H](Cc1ccccc1)NC(=O)c1cccnc1-n1ccc(CN2CCCC2)n1. The molecule has 1 saturated heterocycles. The Hall–Kier alpha value is -3.56. The predicted octanol–water partition coefficient (Wildman–Crippen LogP) is 1.05. The van der Waals surface area contributed by atoms with Crippen molar-refractivity contribution in [1.82, 2.24) is 25.0 Å². The molecule has 33 heavy (non-hydrogen) atoms. The molecule has 3 aromatic rings. The maximum absolute atomic E-state index is 13.2. The molecule has 0 saturated carbocycles. The number of nitrogens with two attached hydrogens (primary N) is 1. The number of nitrogens with one attached hydrogen (secondary N) is 1. The first-order valence-corrected chi connectivity index (χ1v) is 11.1. The molecule has 172 valence electrons. The van der Waals surface area contributed by atoms with Crippen molar-refractivity contribution in [2.75, 3.05) is 13.1 Å². The Kier molecular flexibility index (Phi) is 7.11. The van der Waals surface area contributed by atoms with Gasteiger partial charge in [-0.2, -0.15) is 5.10 Å². The van der Waals surface area contributed by atoms with Crippen LogP contribution in [0.1, 0.15) is 34.5 Å². The van der Waals surface area contributed by atoms with Crippen LogP contribution < -0.4 is 11.1 Å². The highest BCUT2D eigenvalue weighted by molar-refractivity contribution is 5.97. The van der Waals surface area contributed by atoms with Crippen LogP contribution in [0.5, 0.6) is 0 Å². The van der Waals surface area contributed by atoms with Crippen molar-refractivity contribution < 1.29 is 14.7 Å². The molecule has 0 unspecified atom stereocenters. The molecule has 0 bridgehead atoms. The largest absolute Gasteiger partial charge is 0.381 e. The third kappa shape index (κ3) is 5.63. The minimum absolute atomic E-state index is 0.244. The lowest BCUT2D eigenvalue weighted by Gasteiger charge is -2.22. The molecular formula is C24H28N6O3. The van der Waals surface area contributed by atoms with Crippen molar-refractivity contribution in [3.63, 3.8) is 0 Å². The molecule has 2 atom stereocenters. The fourth-order valence-corrected chi connectivity index (χ4v) is 4.04. The van der Waals surface area contributed by atoms with Crippen LogP contribution in [0, 0.1) is 0 Å². The summed E-state index contributed by atoms with van der Waals surface area (Å²) in [5, 5.41) is 17.7. The van der Waals surface area contributed by atoms with Gasteiger partial charge in [0.2, 0.25) is 5.91 Å². The summed E-state index contributed by atoms with van der Waals surface area (Å²) in [6.45, 7) is 2.88. The fourth-order valence-electron chi connectivity index (χ4n) is 4.04. The molecule has 9 heteroatoms. The van der Waals surface area contributed by atoms with Crippen molar-refractivity contribution in [2.24, 2.45) is 5.73 Å². The molecular weight excluding hydrogens is 420 g/mol. The second-order valence-electron chi connectivity index (χ2n) is 8.23. The van der Waals surface area contributed by atoms with Crippen molar-refractivity contribution in [3.8, 4) is 5.82 Å². The van der Waals surface area contributed by atoms with Gasteiger partial charge in [-0.1, -0.05) is 30.3 Å². The number of aliphatic hydroxyl groups is 1. The Morgan fingerprint density at radius 1 is 1.09 bits per heavy atom. The maximum atomic E-state index is 13.2. The lowest BCUT2D eigenvalue weighted by atomic mass is 10.0. The standard InChI is InChI=1S/C24H28N6O3/c25-22(32)21(31)20(15-17-7-2-1-3-8-17)27-24(33)19-9-6-11-26-23(19)30-14-10-18(28-30)16-29-12-4-5-13-29/h1-3,6-11,14,20-21,31H,4-5,12-13,15-16H2,(H2,25,32)(H,27,33)/t20-,21+/m0/s1. The summed E-state index contributed by atoms with van der Waals surface area (Å²) in [6, 6.07) is 13.6. The lowest BCUT2D eigenvalue weighted by Crippen LogP contribution is -2.50. The van der Waals surface area contributed by atoms with Crippen LogP contribution in [-0.4, -0.2) is 61.8 Å². The third-order valence-electron chi connectivity index (χ3n) is 5.76. The molecule has 3 heterocycles. The molecule has 1 aromatic carbocycles. The Labute approximate surface area is 192 Å². The molecule has 0 aliphatic carbocycles. The summed E-state index contributed by atoms with van der Waals surface area (Å²) in [5.41, 5.74) is 7.36. The average molecular weight is 449 g/mol. The molecule has 4 N–H and O–H groups in total. The number of nitrogens with zero attached hydrogens (tertiary/aromatic N) is 4. The fraction of sp³-hybridized carbons (Fsp3) is 0.333. The number of hydrogen-bond donors (Lipinski definition) is 3. The lowest BCUT2D eigenvalue weighted by molar-refractivity contribution is -0.127. The molecule has 2 amide bonds. The van der Waals surface area contributed by atoms with Gasteiger partial charge in [0, 0.05) is 18.9 Å². The number of rotatable bonds is 9. The highest BCUT2D eigenvalue weighted by Crippen LogP contribution is 2.16. The van der Waals surface area contributed by atoms with E-state index in [9.17, 15) is 14.7 Å². The van der Waals surface area contributed by atoms with Gasteiger partial charge in [0.1, 0.15) is 0 Å². The van der Waals surface area contributed by atoms with Crippen LogP contribution in [-0.2, 0) is 17.8 Å². The van der Waals surface area contributed by atoms with Crippen LogP contribution in [0.2, 0.25) is 0 Å². The Morgan fingerprint density at radius 2 is 1.85 bits per heavy atom. The summed E-state index contributed by atoms with van der Waals surface area (Å²) in [5.74, 6) is -1.01. The highest BCUT2D eigenvalue weighted by Gasteiger charge is 2.28. The number of pyridine rings is 1. The van der Waals surface area contributed by atoms with Crippen LogP contribution in [0.25, 0.3) is 5.82 Å². The van der Waals surface area contributed by atoms with E-state index in [1.54, 1.807) is 29.2 Å². The Bertz CT molecular complexity index is 1090. The topological polar surface area (TPSA) is 126 Å². The van der Waals surface area contributed by atoms with E-state index in [2.05, 4.69) is 20.3 Å². The number of aliphatic hydroxyl groups excluding tert-OH is 1. The van der Waals surface area contributed by atoms with Gasteiger partial charge in [0.25, 0.3) is 5.91 Å². The molecule has 2 aromatic heterocycles. The molecule has 1 aliphatic rings. The van der Waals surface area contributed by atoms with E-state index in [1.807, 2.05) is 36.4 Å². The van der Waals surface area contributed by atoms with E-state index in [0.717, 1.165) is 30.9 Å². The normalized spacial score (nSPS) is 15.8. The summed E-state index contributed by atoms with van der Waals surface area (Å²) < 4.78 is 1.58. The number of primary amides is 1. The van der Waals surface area contributed by atoms with Gasteiger partial charge in [-0.25, -0.2) is 9.67 Å². The Balaban J connectivity index is 1.54. The van der Waals surface area contributed by atoms with E-state index in [0.29, 0.717) is 5.82 Å². The van der Waals surface area contributed by atoms with Crippen LogP contribution in [0.15, 0.2) is 60.9 Å². The number of hydrogen-bond acceptors (Lipinski definition) is 6. The summed E-state index contributed by atoms with van der Waals surface area (Å²) in [4.78, 5) is 31.6. The van der Waals surface area contributed by atoms with Crippen molar-refractivity contribution in [2.45, 2.75) is 38.0 Å². The average Bonchev–Trinajstić information content (AvgIpc) is 3.51. The van der Waals surface area contributed by atoms with Gasteiger partial charge in [-0.05, 0) is 56.1 Å². The number of likely N-dealkylation sites (tertiary alicyclic amines) is 1. The number of benzene rings is 1. The second kappa shape index (κ2) is 10.4. The van der Waals surface area contributed by atoms with Crippen LogP contribution in [0.4, 0.5) is 0 Å². The summed E-state index contributed by atoms with van der Waals surface area (Å²) in [7, 11) is 0.